The first-order valence-corrected chi connectivity index (χ1v) is 7.69. The summed E-state index contributed by atoms with van der Waals surface area (Å²) in [4.78, 5) is 6.91. The molecule has 0 bridgehead atoms. The molecule has 18 heavy (non-hydrogen) atoms. The summed E-state index contributed by atoms with van der Waals surface area (Å²) in [5.74, 6) is 1.08. The third kappa shape index (κ3) is 3.69. The number of hydrogen-bond acceptors (Lipinski definition) is 3. The monoisotopic (exact) mass is 311 g/mol. The predicted molar refractivity (Wildman–Crippen MR) is 80.1 cm³/mol. The molecule has 0 spiro atoms. The van der Waals surface area contributed by atoms with Crippen LogP contribution in [0.2, 0.25) is 0 Å². The summed E-state index contributed by atoms with van der Waals surface area (Å²) in [5.41, 5.74) is 0. The summed E-state index contributed by atoms with van der Waals surface area (Å²) in [7, 11) is 0. The van der Waals surface area contributed by atoms with E-state index in [-0.39, 0.29) is 0 Å². The van der Waals surface area contributed by atoms with E-state index in [0.29, 0.717) is 6.04 Å². The standard InChI is InChI=1S/C14H22BrN3/c1-2-10-18(11-12-6-3-4-8-16-12)14-13(15)7-5-9-17-14/h5,7,9,12,16H,2-4,6,8,10-11H2,1H3. The molecule has 0 radical (unpaired) electrons. The largest absolute Gasteiger partial charge is 0.354 e. The van der Waals surface area contributed by atoms with Crippen LogP contribution in [0.25, 0.3) is 0 Å². The van der Waals surface area contributed by atoms with E-state index < -0.39 is 0 Å². The summed E-state index contributed by atoms with van der Waals surface area (Å²) in [6, 6.07) is 4.65. The third-order valence-corrected chi connectivity index (χ3v) is 4.00. The Morgan fingerprint density at radius 3 is 3.06 bits per heavy atom. The van der Waals surface area contributed by atoms with Gasteiger partial charge in [0.1, 0.15) is 5.82 Å². The maximum Gasteiger partial charge on any atom is 0.142 e. The van der Waals surface area contributed by atoms with Crippen molar-refractivity contribution < 1.29 is 0 Å². The molecule has 0 aliphatic carbocycles. The lowest BCUT2D eigenvalue weighted by Crippen LogP contribution is -2.44. The second kappa shape index (κ2) is 7.10. The van der Waals surface area contributed by atoms with Gasteiger partial charge in [-0.3, -0.25) is 0 Å². The summed E-state index contributed by atoms with van der Waals surface area (Å²) in [5, 5.41) is 3.61. The Hall–Kier alpha value is -0.610. The van der Waals surface area contributed by atoms with Gasteiger partial charge in [-0.1, -0.05) is 13.3 Å². The van der Waals surface area contributed by atoms with Crippen molar-refractivity contribution >= 4 is 21.7 Å². The highest BCUT2D eigenvalue weighted by Gasteiger charge is 2.18. The Bertz CT molecular complexity index is 364. The molecule has 1 aromatic rings. The second-order valence-electron chi connectivity index (χ2n) is 4.90. The molecule has 1 aliphatic rings. The number of hydrogen-bond donors (Lipinski definition) is 1. The van der Waals surface area contributed by atoms with Crippen LogP contribution < -0.4 is 10.2 Å². The van der Waals surface area contributed by atoms with Crippen molar-refractivity contribution in [3.05, 3.63) is 22.8 Å². The van der Waals surface area contributed by atoms with Gasteiger partial charge in [0.05, 0.1) is 4.47 Å². The van der Waals surface area contributed by atoms with Crippen molar-refractivity contribution in [1.29, 1.82) is 0 Å². The van der Waals surface area contributed by atoms with Gasteiger partial charge < -0.3 is 10.2 Å². The predicted octanol–water partition coefficient (Wildman–Crippen LogP) is 3.20. The highest BCUT2D eigenvalue weighted by atomic mass is 79.9. The van der Waals surface area contributed by atoms with Crippen LogP contribution in [-0.2, 0) is 0 Å². The first-order valence-electron chi connectivity index (χ1n) is 6.90. The number of nitrogens with zero attached hydrogens (tertiary/aromatic N) is 2. The minimum Gasteiger partial charge on any atom is -0.354 e. The molecule has 2 heterocycles. The van der Waals surface area contributed by atoms with Crippen molar-refractivity contribution in [2.45, 2.75) is 38.6 Å². The van der Waals surface area contributed by atoms with Gasteiger partial charge in [0.15, 0.2) is 0 Å². The van der Waals surface area contributed by atoms with Gasteiger partial charge in [-0.25, -0.2) is 4.98 Å². The summed E-state index contributed by atoms with van der Waals surface area (Å²) in [6.07, 6.45) is 6.97. The summed E-state index contributed by atoms with van der Waals surface area (Å²) < 4.78 is 1.09. The Balaban J connectivity index is 2.05. The van der Waals surface area contributed by atoms with Gasteiger partial charge in [0.2, 0.25) is 0 Å². The summed E-state index contributed by atoms with van der Waals surface area (Å²) in [6.45, 7) is 5.50. The second-order valence-corrected chi connectivity index (χ2v) is 5.76. The quantitative estimate of drug-likeness (QED) is 0.905. The van der Waals surface area contributed by atoms with Crippen LogP contribution in [-0.4, -0.2) is 30.7 Å². The molecule has 1 N–H and O–H groups in total. The Morgan fingerprint density at radius 2 is 2.39 bits per heavy atom. The van der Waals surface area contributed by atoms with E-state index in [1.54, 1.807) is 0 Å². The number of aromatic nitrogens is 1. The maximum atomic E-state index is 4.51. The van der Waals surface area contributed by atoms with E-state index >= 15 is 0 Å². The Morgan fingerprint density at radius 1 is 1.50 bits per heavy atom. The molecule has 1 saturated heterocycles. The van der Waals surface area contributed by atoms with E-state index in [2.05, 4.69) is 44.1 Å². The molecule has 3 nitrogen and oxygen atoms in total. The Labute approximate surface area is 118 Å². The maximum absolute atomic E-state index is 4.51. The average Bonchev–Trinajstić information content (AvgIpc) is 2.40. The summed E-state index contributed by atoms with van der Waals surface area (Å²) >= 11 is 3.61. The van der Waals surface area contributed by atoms with E-state index in [4.69, 9.17) is 0 Å². The van der Waals surface area contributed by atoms with Crippen molar-refractivity contribution in [2.75, 3.05) is 24.5 Å². The number of rotatable bonds is 5. The van der Waals surface area contributed by atoms with Crippen LogP contribution in [0.5, 0.6) is 0 Å². The van der Waals surface area contributed by atoms with Crippen LogP contribution in [0.1, 0.15) is 32.6 Å². The molecular formula is C14H22BrN3. The number of anilines is 1. The molecule has 1 aliphatic heterocycles. The minimum atomic E-state index is 0.610. The minimum absolute atomic E-state index is 0.610. The van der Waals surface area contributed by atoms with Crippen LogP contribution in [0.4, 0.5) is 5.82 Å². The molecule has 0 amide bonds. The van der Waals surface area contributed by atoms with Gasteiger partial charge in [0, 0.05) is 25.3 Å². The van der Waals surface area contributed by atoms with E-state index in [9.17, 15) is 0 Å². The number of halogens is 1. The van der Waals surface area contributed by atoms with Crippen LogP contribution in [0.3, 0.4) is 0 Å². The SMILES string of the molecule is CCCN(CC1CCCCN1)c1ncccc1Br. The van der Waals surface area contributed by atoms with Gasteiger partial charge in [-0.2, -0.15) is 0 Å². The van der Waals surface area contributed by atoms with Crippen LogP contribution >= 0.6 is 15.9 Å². The Kier molecular flexibility index (Phi) is 5.45. The zero-order valence-corrected chi connectivity index (χ0v) is 12.6. The van der Waals surface area contributed by atoms with E-state index in [1.807, 2.05) is 12.3 Å². The number of nitrogens with one attached hydrogen (secondary N) is 1. The van der Waals surface area contributed by atoms with Crippen molar-refractivity contribution in [2.24, 2.45) is 0 Å². The van der Waals surface area contributed by atoms with Gasteiger partial charge in [-0.05, 0) is 53.9 Å². The molecule has 1 aromatic heterocycles. The van der Waals surface area contributed by atoms with Gasteiger partial charge in [-0.15, -0.1) is 0 Å². The molecular weight excluding hydrogens is 290 g/mol. The van der Waals surface area contributed by atoms with Crippen molar-refractivity contribution in [3.8, 4) is 0 Å². The fourth-order valence-electron chi connectivity index (χ4n) is 2.51. The number of pyridine rings is 1. The van der Waals surface area contributed by atoms with E-state index in [1.165, 1.54) is 19.3 Å². The molecule has 1 unspecified atom stereocenters. The topological polar surface area (TPSA) is 28.2 Å². The molecule has 4 heteroatoms. The van der Waals surface area contributed by atoms with Crippen LogP contribution in [0, 0.1) is 0 Å². The highest BCUT2D eigenvalue weighted by Crippen LogP contribution is 2.24. The lowest BCUT2D eigenvalue weighted by atomic mass is 10.0. The fourth-order valence-corrected chi connectivity index (χ4v) is 3.02. The molecule has 0 aromatic carbocycles. The molecule has 0 saturated carbocycles. The van der Waals surface area contributed by atoms with Gasteiger partial charge in [0.25, 0.3) is 0 Å². The first-order chi connectivity index (χ1) is 8.81. The third-order valence-electron chi connectivity index (χ3n) is 3.39. The van der Waals surface area contributed by atoms with Crippen molar-refractivity contribution in [3.63, 3.8) is 0 Å². The molecule has 1 fully saturated rings. The van der Waals surface area contributed by atoms with Gasteiger partial charge >= 0.3 is 0 Å². The normalized spacial score (nSPS) is 19.8. The van der Waals surface area contributed by atoms with Crippen molar-refractivity contribution in [1.82, 2.24) is 10.3 Å². The smallest absolute Gasteiger partial charge is 0.142 e. The molecule has 100 valence electrons. The molecule has 2 rings (SSSR count). The average molecular weight is 312 g/mol. The fraction of sp³-hybridized carbons (Fsp3) is 0.643. The van der Waals surface area contributed by atoms with E-state index in [0.717, 1.165) is 36.3 Å². The lowest BCUT2D eigenvalue weighted by Gasteiger charge is -2.31. The zero-order valence-electron chi connectivity index (χ0n) is 11.0. The lowest BCUT2D eigenvalue weighted by molar-refractivity contribution is 0.398. The highest BCUT2D eigenvalue weighted by molar-refractivity contribution is 9.10. The zero-order chi connectivity index (χ0) is 12.8. The van der Waals surface area contributed by atoms with Crippen LogP contribution in [0.15, 0.2) is 22.8 Å². The first kappa shape index (κ1) is 13.8. The molecule has 1 atom stereocenters. The number of piperidine rings is 1.